The van der Waals surface area contributed by atoms with Gasteiger partial charge in [0, 0.05) is 18.7 Å². The number of carbonyl (C=O) groups is 1. The number of aryl methyl sites for hydroxylation is 2. The van der Waals surface area contributed by atoms with Crippen LogP contribution < -0.4 is 11.0 Å². The second-order valence-corrected chi connectivity index (χ2v) is 7.51. The molecule has 1 amide bonds. The summed E-state index contributed by atoms with van der Waals surface area (Å²) in [6, 6.07) is 17.4. The number of imidazole rings is 1. The number of nitrogens with zero attached hydrogens (tertiary/aromatic N) is 2. The van der Waals surface area contributed by atoms with E-state index in [0.717, 1.165) is 27.3 Å². The molecule has 0 saturated heterocycles. The van der Waals surface area contributed by atoms with Crippen LogP contribution in [0.3, 0.4) is 0 Å². The van der Waals surface area contributed by atoms with Gasteiger partial charge in [0.25, 0.3) is 5.91 Å². The fraction of sp³-hybridized carbons (Fsp3) is 0.190. The van der Waals surface area contributed by atoms with Crippen LogP contribution >= 0.6 is 11.3 Å². The van der Waals surface area contributed by atoms with Crippen LogP contribution in [0.25, 0.3) is 21.6 Å². The SMILES string of the molecule is Cc1nc(-c2ccccc2)sc1C(=O)NCCCn1c(=O)[nH]c2ccccc21. The summed E-state index contributed by atoms with van der Waals surface area (Å²) in [5.41, 5.74) is 3.32. The molecule has 28 heavy (non-hydrogen) atoms. The highest BCUT2D eigenvalue weighted by Gasteiger charge is 2.16. The number of aromatic nitrogens is 3. The number of H-pyrrole nitrogens is 1. The van der Waals surface area contributed by atoms with Crippen molar-refractivity contribution in [3.63, 3.8) is 0 Å². The van der Waals surface area contributed by atoms with Crippen LogP contribution in [0.2, 0.25) is 0 Å². The molecule has 0 aliphatic heterocycles. The van der Waals surface area contributed by atoms with Crippen LogP contribution in [0.5, 0.6) is 0 Å². The summed E-state index contributed by atoms with van der Waals surface area (Å²) in [6.07, 6.45) is 0.664. The fourth-order valence-corrected chi connectivity index (χ4v) is 4.15. The van der Waals surface area contributed by atoms with Crippen molar-refractivity contribution in [1.82, 2.24) is 19.9 Å². The summed E-state index contributed by atoms with van der Waals surface area (Å²) < 4.78 is 1.70. The molecule has 2 heterocycles. The van der Waals surface area contributed by atoms with Crippen molar-refractivity contribution in [1.29, 1.82) is 0 Å². The molecule has 2 aromatic carbocycles. The molecule has 0 fully saturated rings. The predicted octanol–water partition coefficient (Wildman–Crippen LogP) is 3.58. The number of hydrogen-bond acceptors (Lipinski definition) is 4. The van der Waals surface area contributed by atoms with Gasteiger partial charge in [0.05, 0.1) is 16.7 Å². The second-order valence-electron chi connectivity index (χ2n) is 6.51. The van der Waals surface area contributed by atoms with Crippen molar-refractivity contribution >= 4 is 28.3 Å². The number of rotatable bonds is 6. The third kappa shape index (κ3) is 3.61. The summed E-state index contributed by atoms with van der Waals surface area (Å²) in [5.74, 6) is -0.122. The summed E-state index contributed by atoms with van der Waals surface area (Å²) in [7, 11) is 0. The lowest BCUT2D eigenvalue weighted by Gasteiger charge is -2.05. The highest BCUT2D eigenvalue weighted by molar-refractivity contribution is 7.17. The first kappa shape index (κ1) is 18.2. The van der Waals surface area contributed by atoms with Crippen molar-refractivity contribution in [2.24, 2.45) is 0 Å². The summed E-state index contributed by atoms with van der Waals surface area (Å²) in [4.78, 5) is 32.6. The van der Waals surface area contributed by atoms with E-state index in [1.807, 2.05) is 61.5 Å². The average Bonchev–Trinajstić information content (AvgIpc) is 3.25. The van der Waals surface area contributed by atoms with Gasteiger partial charge in [-0.25, -0.2) is 9.78 Å². The molecule has 0 spiro atoms. The molecule has 142 valence electrons. The third-order valence-corrected chi connectivity index (χ3v) is 5.75. The van der Waals surface area contributed by atoms with Gasteiger partial charge in [0.2, 0.25) is 0 Å². The standard InChI is InChI=1S/C21H20N4O2S/c1-14-18(28-20(23-14)15-8-3-2-4-9-15)19(26)22-12-7-13-25-17-11-6-5-10-16(17)24-21(25)27/h2-6,8-11H,7,12-13H2,1H3,(H,22,26)(H,24,27). The smallest absolute Gasteiger partial charge is 0.326 e. The Bertz CT molecular complexity index is 1170. The van der Waals surface area contributed by atoms with Crippen molar-refractivity contribution in [3.05, 3.63) is 75.7 Å². The van der Waals surface area contributed by atoms with Gasteiger partial charge in [-0.05, 0) is 25.5 Å². The molecule has 2 N–H and O–H groups in total. The minimum absolute atomic E-state index is 0.122. The maximum atomic E-state index is 12.5. The first-order valence-electron chi connectivity index (χ1n) is 9.12. The number of amides is 1. The Morgan fingerprint density at radius 3 is 2.71 bits per heavy atom. The molecule has 4 aromatic rings. The molecule has 6 nitrogen and oxygen atoms in total. The molecule has 0 aliphatic rings. The van der Waals surface area contributed by atoms with Crippen LogP contribution in [-0.2, 0) is 6.54 Å². The Morgan fingerprint density at radius 1 is 1.14 bits per heavy atom. The summed E-state index contributed by atoms with van der Waals surface area (Å²) >= 11 is 1.40. The van der Waals surface area contributed by atoms with Gasteiger partial charge in [-0.2, -0.15) is 0 Å². The number of benzene rings is 2. The number of para-hydroxylation sites is 2. The van der Waals surface area contributed by atoms with Gasteiger partial charge in [0.1, 0.15) is 9.88 Å². The highest BCUT2D eigenvalue weighted by atomic mass is 32.1. The number of nitrogens with one attached hydrogen (secondary N) is 2. The van der Waals surface area contributed by atoms with E-state index in [9.17, 15) is 9.59 Å². The minimum atomic E-state index is -0.127. The van der Waals surface area contributed by atoms with Gasteiger partial charge >= 0.3 is 5.69 Å². The van der Waals surface area contributed by atoms with E-state index >= 15 is 0 Å². The van der Waals surface area contributed by atoms with Gasteiger partial charge in [-0.1, -0.05) is 42.5 Å². The maximum absolute atomic E-state index is 12.5. The number of thiazole rings is 1. The molecule has 0 atom stereocenters. The van der Waals surface area contributed by atoms with E-state index in [0.29, 0.717) is 24.4 Å². The minimum Gasteiger partial charge on any atom is -0.351 e. The quantitative estimate of drug-likeness (QED) is 0.492. The largest absolute Gasteiger partial charge is 0.351 e. The van der Waals surface area contributed by atoms with Crippen LogP contribution in [-0.4, -0.2) is 27.0 Å². The Kier molecular flexibility index (Phi) is 5.08. The second kappa shape index (κ2) is 7.82. The molecule has 4 rings (SSSR count). The van der Waals surface area contributed by atoms with Gasteiger partial charge in [-0.15, -0.1) is 11.3 Å². The van der Waals surface area contributed by atoms with Gasteiger partial charge in [-0.3, -0.25) is 9.36 Å². The number of fused-ring (bicyclic) bond motifs is 1. The van der Waals surface area contributed by atoms with Gasteiger partial charge in [0.15, 0.2) is 0 Å². The molecule has 7 heteroatoms. The number of carbonyl (C=O) groups excluding carboxylic acids is 1. The zero-order valence-corrected chi connectivity index (χ0v) is 16.3. The first-order valence-corrected chi connectivity index (χ1v) is 9.94. The molecule has 0 unspecified atom stereocenters. The third-order valence-electron chi connectivity index (χ3n) is 4.55. The average molecular weight is 392 g/mol. The normalized spacial score (nSPS) is 11.0. The molecule has 0 saturated carbocycles. The van der Waals surface area contributed by atoms with E-state index in [-0.39, 0.29) is 11.6 Å². The van der Waals surface area contributed by atoms with Gasteiger partial charge < -0.3 is 10.3 Å². The molecule has 0 bridgehead atoms. The van der Waals surface area contributed by atoms with Crippen LogP contribution in [0.4, 0.5) is 0 Å². The molecular weight excluding hydrogens is 372 g/mol. The lowest BCUT2D eigenvalue weighted by atomic mass is 10.2. The zero-order chi connectivity index (χ0) is 19.5. The topological polar surface area (TPSA) is 79.8 Å². The van der Waals surface area contributed by atoms with E-state index in [4.69, 9.17) is 0 Å². The first-order chi connectivity index (χ1) is 13.6. The van der Waals surface area contributed by atoms with Crippen molar-refractivity contribution in [2.45, 2.75) is 19.9 Å². The van der Waals surface area contributed by atoms with E-state index in [2.05, 4.69) is 15.3 Å². The monoisotopic (exact) mass is 392 g/mol. The van der Waals surface area contributed by atoms with Crippen molar-refractivity contribution in [2.75, 3.05) is 6.54 Å². The van der Waals surface area contributed by atoms with Crippen LogP contribution in [0.15, 0.2) is 59.4 Å². The van der Waals surface area contributed by atoms with Crippen molar-refractivity contribution < 1.29 is 4.79 Å². The van der Waals surface area contributed by atoms with E-state index < -0.39 is 0 Å². The van der Waals surface area contributed by atoms with Crippen molar-refractivity contribution in [3.8, 4) is 10.6 Å². The van der Waals surface area contributed by atoms with Crippen LogP contribution in [0, 0.1) is 6.92 Å². The Morgan fingerprint density at radius 2 is 1.89 bits per heavy atom. The predicted molar refractivity (Wildman–Crippen MR) is 112 cm³/mol. The highest BCUT2D eigenvalue weighted by Crippen LogP contribution is 2.27. The molecule has 0 aliphatic carbocycles. The number of hydrogen-bond donors (Lipinski definition) is 2. The Balaban J connectivity index is 1.38. The summed E-state index contributed by atoms with van der Waals surface area (Å²) in [6.45, 7) is 2.88. The zero-order valence-electron chi connectivity index (χ0n) is 15.4. The maximum Gasteiger partial charge on any atom is 0.326 e. The fourth-order valence-electron chi connectivity index (χ4n) is 3.16. The Hall–Kier alpha value is -3.19. The number of aromatic amines is 1. The lowest BCUT2D eigenvalue weighted by molar-refractivity contribution is 0.0956. The summed E-state index contributed by atoms with van der Waals surface area (Å²) in [5, 5.41) is 3.78. The lowest BCUT2D eigenvalue weighted by Crippen LogP contribution is -2.26. The van der Waals surface area contributed by atoms with E-state index in [1.165, 1.54) is 11.3 Å². The molecule has 0 radical (unpaired) electrons. The van der Waals surface area contributed by atoms with Crippen LogP contribution in [0.1, 0.15) is 21.8 Å². The Labute approximate surface area is 165 Å². The molecular formula is C21H20N4O2S. The molecule has 2 aromatic heterocycles. The van der Waals surface area contributed by atoms with E-state index in [1.54, 1.807) is 4.57 Å².